The van der Waals surface area contributed by atoms with Gasteiger partial charge in [0.25, 0.3) is 0 Å². The molecule has 3 heterocycles. The van der Waals surface area contributed by atoms with Crippen molar-refractivity contribution < 1.29 is 24.0 Å². The summed E-state index contributed by atoms with van der Waals surface area (Å²) in [6.07, 6.45) is 6.77. The number of aromatic nitrogens is 4. The van der Waals surface area contributed by atoms with Crippen LogP contribution in [0.3, 0.4) is 0 Å². The van der Waals surface area contributed by atoms with Gasteiger partial charge in [-0.05, 0) is 23.3 Å². The van der Waals surface area contributed by atoms with E-state index in [1.165, 1.54) is 19.4 Å². The summed E-state index contributed by atoms with van der Waals surface area (Å²) in [5, 5.41) is 12.5. The molecule has 5 aromatic rings. The largest absolute Gasteiger partial charge is 0.368 e. The number of fused-ring (bicyclic) bond motifs is 2. The Kier molecular flexibility index (Phi) is 10.8. The quantitative estimate of drug-likeness (QED) is 0.0732. The molecular formula is C33H37N9O5S. The highest BCUT2D eigenvalue weighted by atomic mass is 32.1. The van der Waals surface area contributed by atoms with E-state index < -0.39 is 53.7 Å². The number of rotatable bonds is 15. The number of thiol groups is 1. The summed E-state index contributed by atoms with van der Waals surface area (Å²) in [6, 6.07) is 10.6. The van der Waals surface area contributed by atoms with E-state index in [-0.39, 0.29) is 25.0 Å². The first-order chi connectivity index (χ1) is 23.1. The van der Waals surface area contributed by atoms with E-state index in [0.29, 0.717) is 5.69 Å². The van der Waals surface area contributed by atoms with Crippen molar-refractivity contribution in [3.05, 3.63) is 90.3 Å². The number of nitrogens with zero attached hydrogens (tertiary/aromatic N) is 1. The number of hydrogen-bond acceptors (Lipinski definition) is 7. The van der Waals surface area contributed by atoms with Gasteiger partial charge in [-0.3, -0.25) is 24.0 Å². The highest BCUT2D eigenvalue weighted by Gasteiger charge is 2.31. The topological polar surface area (TPSA) is 220 Å². The van der Waals surface area contributed by atoms with Crippen molar-refractivity contribution in [3.63, 3.8) is 0 Å². The molecule has 0 saturated carbocycles. The van der Waals surface area contributed by atoms with Crippen molar-refractivity contribution in [2.24, 2.45) is 5.73 Å². The normalized spacial score (nSPS) is 13.7. The molecule has 15 heteroatoms. The number of H-pyrrole nitrogens is 3. The molecule has 4 atom stereocenters. The zero-order valence-electron chi connectivity index (χ0n) is 26.1. The smallest absolute Gasteiger partial charge is 0.244 e. The summed E-state index contributed by atoms with van der Waals surface area (Å²) < 4.78 is 0. The van der Waals surface area contributed by atoms with Crippen LogP contribution in [0.5, 0.6) is 0 Å². The van der Waals surface area contributed by atoms with Crippen molar-refractivity contribution in [1.82, 2.24) is 41.2 Å². The van der Waals surface area contributed by atoms with Gasteiger partial charge < -0.3 is 42.0 Å². The number of carbonyl (C=O) groups excluding carboxylic acids is 5. The molecule has 14 nitrogen and oxygen atoms in total. The maximum absolute atomic E-state index is 13.8. The SMILES string of the molecule is CC(=O)N[C@@H](Cc1cnc[nH]1)C(=O)N[C@@H](Cc1c[nH]c2ccccc12)C(=O)N[C@@H](CS)C(=O)N[C@@H](Cc1c[nH]c2ccccc12)C(N)=O. The van der Waals surface area contributed by atoms with E-state index in [0.717, 1.165) is 32.9 Å². The van der Waals surface area contributed by atoms with Gasteiger partial charge in [0.15, 0.2) is 0 Å². The molecule has 3 aromatic heterocycles. The Labute approximate surface area is 280 Å². The number of primary amides is 1. The van der Waals surface area contributed by atoms with Crippen LogP contribution in [-0.4, -0.2) is 79.4 Å². The Morgan fingerprint density at radius 3 is 1.73 bits per heavy atom. The molecule has 5 amide bonds. The molecule has 2 aromatic carbocycles. The highest BCUT2D eigenvalue weighted by molar-refractivity contribution is 7.80. The van der Waals surface area contributed by atoms with Gasteiger partial charge in [0.1, 0.15) is 24.2 Å². The minimum atomic E-state index is -1.18. The van der Waals surface area contributed by atoms with Gasteiger partial charge in [-0.2, -0.15) is 12.6 Å². The Hall–Kier alpha value is -5.57. The third kappa shape index (κ3) is 8.22. The fourth-order valence-corrected chi connectivity index (χ4v) is 5.81. The van der Waals surface area contributed by atoms with E-state index in [2.05, 4.69) is 53.8 Å². The first kappa shape index (κ1) is 33.8. The summed E-state index contributed by atoms with van der Waals surface area (Å²) in [7, 11) is 0. The second-order valence-corrected chi connectivity index (χ2v) is 11.8. The van der Waals surface area contributed by atoms with Crippen LogP contribution in [0.2, 0.25) is 0 Å². The molecule has 0 aliphatic carbocycles. The maximum atomic E-state index is 13.8. The number of carbonyl (C=O) groups is 5. The lowest BCUT2D eigenvalue weighted by Gasteiger charge is -2.25. The second-order valence-electron chi connectivity index (χ2n) is 11.4. The minimum Gasteiger partial charge on any atom is -0.368 e. The van der Waals surface area contributed by atoms with Gasteiger partial charge in [-0.25, -0.2) is 4.98 Å². The molecule has 9 N–H and O–H groups in total. The van der Waals surface area contributed by atoms with Gasteiger partial charge >= 0.3 is 0 Å². The van der Waals surface area contributed by atoms with Crippen molar-refractivity contribution in [2.75, 3.05) is 5.75 Å². The molecule has 250 valence electrons. The van der Waals surface area contributed by atoms with Crippen LogP contribution in [0, 0.1) is 0 Å². The highest BCUT2D eigenvalue weighted by Crippen LogP contribution is 2.20. The molecule has 48 heavy (non-hydrogen) atoms. The van der Waals surface area contributed by atoms with E-state index in [9.17, 15) is 24.0 Å². The Bertz CT molecular complexity index is 1920. The average Bonchev–Trinajstić information content (AvgIpc) is 3.83. The number of aromatic amines is 3. The minimum absolute atomic E-state index is 0.0593. The van der Waals surface area contributed by atoms with E-state index in [4.69, 9.17) is 5.73 Å². The summed E-state index contributed by atoms with van der Waals surface area (Å²) in [5.74, 6) is -3.25. The van der Waals surface area contributed by atoms with Crippen LogP contribution in [-0.2, 0) is 43.2 Å². The van der Waals surface area contributed by atoms with E-state index >= 15 is 0 Å². The number of hydrogen-bond donors (Lipinski definition) is 9. The predicted octanol–water partition coefficient (Wildman–Crippen LogP) is 0.774. The molecular weight excluding hydrogens is 634 g/mol. The van der Waals surface area contributed by atoms with Gasteiger partial charge in [0, 0.05) is 78.0 Å². The second kappa shape index (κ2) is 15.3. The molecule has 0 fully saturated rings. The lowest BCUT2D eigenvalue weighted by atomic mass is 10.0. The van der Waals surface area contributed by atoms with E-state index in [1.807, 2.05) is 48.5 Å². The number of benzene rings is 2. The Morgan fingerprint density at radius 2 is 1.21 bits per heavy atom. The number of para-hydroxylation sites is 2. The maximum Gasteiger partial charge on any atom is 0.244 e. The first-order valence-electron chi connectivity index (χ1n) is 15.3. The third-order valence-electron chi connectivity index (χ3n) is 7.98. The fourth-order valence-electron chi connectivity index (χ4n) is 5.55. The summed E-state index contributed by atoms with van der Waals surface area (Å²) in [6.45, 7) is 1.29. The van der Waals surface area contributed by atoms with Crippen LogP contribution < -0.4 is 27.0 Å². The third-order valence-corrected chi connectivity index (χ3v) is 8.34. The van der Waals surface area contributed by atoms with Gasteiger partial charge in [0.05, 0.1) is 6.33 Å². The van der Waals surface area contributed by atoms with Crippen LogP contribution in [0.15, 0.2) is 73.4 Å². The van der Waals surface area contributed by atoms with Crippen LogP contribution in [0.1, 0.15) is 23.7 Å². The molecule has 0 spiro atoms. The Balaban J connectivity index is 1.33. The molecule has 0 saturated heterocycles. The van der Waals surface area contributed by atoms with Crippen LogP contribution in [0.25, 0.3) is 21.8 Å². The summed E-state index contributed by atoms with van der Waals surface area (Å²) in [5.41, 5.74) is 9.51. The predicted molar refractivity (Wildman–Crippen MR) is 183 cm³/mol. The number of nitrogens with two attached hydrogens (primary N) is 1. The number of nitrogens with one attached hydrogen (secondary N) is 7. The van der Waals surface area contributed by atoms with Crippen molar-refractivity contribution in [2.45, 2.75) is 50.4 Å². The zero-order valence-corrected chi connectivity index (χ0v) is 27.0. The summed E-state index contributed by atoms with van der Waals surface area (Å²) in [4.78, 5) is 78.4. The van der Waals surface area contributed by atoms with Gasteiger partial charge in [-0.15, -0.1) is 0 Å². The zero-order chi connectivity index (χ0) is 34.2. The lowest BCUT2D eigenvalue weighted by molar-refractivity contribution is -0.133. The number of amides is 5. The summed E-state index contributed by atoms with van der Waals surface area (Å²) >= 11 is 4.29. The fraction of sp³-hybridized carbons (Fsp3) is 0.273. The first-order valence-corrected chi connectivity index (χ1v) is 15.9. The monoisotopic (exact) mass is 671 g/mol. The van der Waals surface area contributed by atoms with E-state index in [1.54, 1.807) is 12.4 Å². The molecule has 0 unspecified atom stereocenters. The van der Waals surface area contributed by atoms with Crippen molar-refractivity contribution in [3.8, 4) is 0 Å². The van der Waals surface area contributed by atoms with Crippen molar-refractivity contribution >= 4 is 64.0 Å². The molecule has 0 radical (unpaired) electrons. The molecule has 0 aliphatic heterocycles. The van der Waals surface area contributed by atoms with Crippen molar-refractivity contribution in [1.29, 1.82) is 0 Å². The van der Waals surface area contributed by atoms with Crippen LogP contribution in [0.4, 0.5) is 0 Å². The van der Waals surface area contributed by atoms with Gasteiger partial charge in [-0.1, -0.05) is 36.4 Å². The molecule has 0 aliphatic rings. The lowest BCUT2D eigenvalue weighted by Crippen LogP contribution is -2.59. The Morgan fingerprint density at radius 1 is 0.708 bits per heavy atom. The molecule has 5 rings (SSSR count). The molecule has 0 bridgehead atoms. The number of imidazole rings is 1. The standard InChI is InChI=1S/C33H37N9O5S/c1-18(43)39-28(12-21-15-35-17-38-21)32(46)41-27(11-20-14-37-25-9-5-3-7-23(20)25)31(45)42-29(16-48)33(47)40-26(30(34)44)10-19-13-36-24-8-4-2-6-22(19)24/h2-9,13-15,17,26-29,36-37,48H,10-12,16H2,1H3,(H2,34,44)(H,35,38)(H,39,43)(H,40,47)(H,41,46)(H,42,45)/t26-,27-,28-,29-/m0/s1. The average molecular weight is 672 g/mol. The van der Waals surface area contributed by atoms with Crippen LogP contribution >= 0.6 is 12.6 Å². The van der Waals surface area contributed by atoms with Gasteiger partial charge in [0.2, 0.25) is 29.5 Å².